The summed E-state index contributed by atoms with van der Waals surface area (Å²) in [6.07, 6.45) is -1.54. The molecule has 0 aliphatic carbocycles. The molecule has 3 rings (SSSR count). The number of aromatic nitrogens is 3. The van der Waals surface area contributed by atoms with Gasteiger partial charge in [-0.1, -0.05) is 0 Å². The van der Waals surface area contributed by atoms with E-state index in [9.17, 15) is 17.4 Å². The van der Waals surface area contributed by atoms with Gasteiger partial charge >= 0.3 is 6.18 Å². The topological polar surface area (TPSA) is 123 Å². The number of fused-ring (bicyclic) bond motifs is 1. The largest absolute Gasteiger partial charge is 0.417 e. The number of thiophene rings is 1. The van der Waals surface area contributed by atoms with E-state index in [-0.39, 0.29) is 56.2 Å². The Morgan fingerprint density at radius 1 is 1.32 bits per heavy atom. The van der Waals surface area contributed by atoms with Gasteiger partial charge in [0.25, 0.3) is 0 Å². The molecule has 0 aliphatic heterocycles. The zero-order valence-corrected chi connectivity index (χ0v) is 18.0. The van der Waals surface area contributed by atoms with E-state index in [0.29, 0.717) is 13.0 Å². The number of anilines is 2. The molecular formula is C18H20F3N5O3S2. The maximum atomic E-state index is 13.8. The molecule has 0 aromatic carbocycles. The van der Waals surface area contributed by atoms with Gasteiger partial charge in [0.05, 0.1) is 34.4 Å². The number of nitrogens with two attached hydrogens (primary N) is 1. The van der Waals surface area contributed by atoms with Crippen LogP contribution in [0.15, 0.2) is 22.7 Å². The molecule has 3 aromatic rings. The fourth-order valence-electron chi connectivity index (χ4n) is 2.79. The summed E-state index contributed by atoms with van der Waals surface area (Å²) in [6, 6.07) is 0.891. The maximum absolute atomic E-state index is 13.8. The lowest BCUT2D eigenvalue weighted by Gasteiger charge is -2.11. The highest BCUT2D eigenvalue weighted by atomic mass is 32.2. The average molecular weight is 476 g/mol. The third-order valence-electron chi connectivity index (χ3n) is 4.20. The van der Waals surface area contributed by atoms with Crippen molar-refractivity contribution in [3.05, 3.63) is 24.0 Å². The van der Waals surface area contributed by atoms with Gasteiger partial charge in [-0.25, -0.2) is 15.0 Å². The van der Waals surface area contributed by atoms with Crippen molar-refractivity contribution in [1.29, 1.82) is 0 Å². The van der Waals surface area contributed by atoms with E-state index in [1.165, 1.54) is 19.5 Å². The van der Waals surface area contributed by atoms with Crippen molar-refractivity contribution in [1.82, 2.24) is 15.0 Å². The minimum absolute atomic E-state index is 0.0199. The highest BCUT2D eigenvalue weighted by Crippen LogP contribution is 2.44. The Morgan fingerprint density at radius 3 is 2.65 bits per heavy atom. The van der Waals surface area contributed by atoms with Gasteiger partial charge in [-0.15, -0.1) is 11.3 Å². The van der Waals surface area contributed by atoms with Gasteiger partial charge in [0.2, 0.25) is 5.95 Å². The van der Waals surface area contributed by atoms with Gasteiger partial charge in [0.1, 0.15) is 9.04 Å². The molecule has 0 fully saturated rings. The van der Waals surface area contributed by atoms with Crippen molar-refractivity contribution in [2.75, 3.05) is 43.7 Å². The Labute approximate surface area is 182 Å². The fourth-order valence-corrected chi connectivity index (χ4v) is 5.41. The molecule has 0 amide bonds. The second-order valence-electron chi connectivity index (χ2n) is 6.38. The first-order valence-corrected chi connectivity index (χ1v) is 11.2. The molecular weight excluding hydrogens is 455 g/mol. The van der Waals surface area contributed by atoms with Gasteiger partial charge < -0.3 is 20.9 Å². The molecule has 1 unspecified atom stereocenters. The van der Waals surface area contributed by atoms with Crippen molar-refractivity contribution in [2.24, 2.45) is 0 Å². The summed E-state index contributed by atoms with van der Waals surface area (Å²) < 4.78 is 59.1. The van der Waals surface area contributed by atoms with Crippen molar-refractivity contribution in [3.8, 4) is 11.3 Å². The number of nitrogen functional groups attached to an aromatic ring is 1. The number of nitrogens with one attached hydrogen (secondary N) is 1. The summed E-state index contributed by atoms with van der Waals surface area (Å²) in [7, 11) is -0.0583. The average Bonchev–Trinajstić information content (AvgIpc) is 3.08. The van der Waals surface area contributed by atoms with E-state index >= 15 is 0 Å². The lowest BCUT2D eigenvalue weighted by atomic mass is 10.1. The molecule has 0 saturated carbocycles. The number of hydrogen-bond acceptors (Lipinski definition) is 9. The van der Waals surface area contributed by atoms with Crippen molar-refractivity contribution in [3.63, 3.8) is 0 Å². The lowest BCUT2D eigenvalue weighted by Crippen LogP contribution is -2.09. The first kappa shape index (κ1) is 23.3. The first-order valence-electron chi connectivity index (χ1n) is 9.11. The quantitative estimate of drug-likeness (QED) is 0.404. The molecule has 3 aromatic heterocycles. The number of hydrogen-bond donors (Lipinski definition) is 3. The number of aliphatic hydroxyl groups excluding tert-OH is 1. The van der Waals surface area contributed by atoms with Crippen LogP contribution in [-0.2, 0) is 21.7 Å². The van der Waals surface area contributed by atoms with Crippen LogP contribution < -0.4 is 11.1 Å². The summed E-state index contributed by atoms with van der Waals surface area (Å²) in [5.74, 6) is 0.443. The smallest absolute Gasteiger partial charge is 0.396 e. The second-order valence-corrected chi connectivity index (χ2v) is 9.14. The van der Waals surface area contributed by atoms with Gasteiger partial charge in [-0.05, 0) is 12.5 Å². The molecule has 8 nitrogen and oxygen atoms in total. The van der Waals surface area contributed by atoms with Crippen LogP contribution in [-0.4, -0.2) is 56.9 Å². The fraction of sp³-hybridized carbons (Fsp3) is 0.389. The highest BCUT2D eigenvalue weighted by molar-refractivity contribution is 7.87. The predicted octanol–water partition coefficient (Wildman–Crippen LogP) is 2.90. The SMILES string of the molecule is COCCCS(=O)c1sc2nc(-c3cnc(NCCO)nc3)cc(C(F)(F)F)c2c1N. The Bertz CT molecular complexity index is 1070. The third kappa shape index (κ3) is 5.29. The number of aliphatic hydroxyl groups is 1. The van der Waals surface area contributed by atoms with Gasteiger partial charge in [0.15, 0.2) is 0 Å². The normalized spacial score (nSPS) is 12.9. The Kier molecular flexibility index (Phi) is 7.41. The van der Waals surface area contributed by atoms with Gasteiger partial charge in [-0.2, -0.15) is 13.2 Å². The molecule has 168 valence electrons. The van der Waals surface area contributed by atoms with Crippen LogP contribution in [0.25, 0.3) is 21.5 Å². The monoisotopic (exact) mass is 475 g/mol. The maximum Gasteiger partial charge on any atom is 0.417 e. The molecule has 0 bridgehead atoms. The van der Waals surface area contributed by atoms with E-state index in [1.54, 1.807) is 0 Å². The minimum atomic E-state index is -4.69. The predicted molar refractivity (Wildman–Crippen MR) is 113 cm³/mol. The third-order valence-corrected chi connectivity index (χ3v) is 7.19. The van der Waals surface area contributed by atoms with E-state index in [1.807, 2.05) is 0 Å². The molecule has 0 radical (unpaired) electrons. The van der Waals surface area contributed by atoms with Crippen LogP contribution in [0.5, 0.6) is 0 Å². The van der Waals surface area contributed by atoms with Crippen LogP contribution >= 0.6 is 11.3 Å². The molecule has 0 aliphatic rings. The van der Waals surface area contributed by atoms with Crippen LogP contribution in [0.3, 0.4) is 0 Å². The lowest BCUT2D eigenvalue weighted by molar-refractivity contribution is -0.136. The number of alkyl halides is 3. The summed E-state index contributed by atoms with van der Waals surface area (Å²) in [4.78, 5) is 12.4. The first-order chi connectivity index (χ1) is 14.8. The molecule has 13 heteroatoms. The van der Waals surface area contributed by atoms with Crippen LogP contribution in [0, 0.1) is 0 Å². The summed E-state index contributed by atoms with van der Waals surface area (Å²) in [6.45, 7) is 0.504. The number of halogens is 3. The molecule has 1 atom stereocenters. The second kappa shape index (κ2) is 9.85. The van der Waals surface area contributed by atoms with E-state index in [4.69, 9.17) is 15.6 Å². The standard InChI is InChI=1S/C18H20F3N5O3S2/c1-29-5-2-6-31(28)16-14(22)13-11(18(19,20)21)7-12(26-15(13)30-16)10-8-24-17(25-9-10)23-3-4-27/h7-9,27H,2-6,22H2,1H3,(H,23,24,25). The van der Waals surface area contributed by atoms with E-state index in [2.05, 4.69) is 20.3 Å². The van der Waals surface area contributed by atoms with Gasteiger partial charge in [0, 0.05) is 49.4 Å². The Balaban J connectivity index is 2.06. The highest BCUT2D eigenvalue weighted by Gasteiger charge is 2.36. The molecule has 0 saturated heterocycles. The number of pyridine rings is 1. The molecule has 31 heavy (non-hydrogen) atoms. The summed E-state index contributed by atoms with van der Waals surface area (Å²) >= 11 is 0.885. The zero-order chi connectivity index (χ0) is 22.6. The van der Waals surface area contributed by atoms with Crippen molar-refractivity contribution >= 4 is 44.0 Å². The molecule has 3 heterocycles. The Hall–Kier alpha value is -2.35. The van der Waals surface area contributed by atoms with E-state index in [0.717, 1.165) is 17.4 Å². The van der Waals surface area contributed by atoms with E-state index < -0.39 is 22.5 Å². The Morgan fingerprint density at radius 2 is 2.03 bits per heavy atom. The number of nitrogens with zero attached hydrogens (tertiary/aromatic N) is 3. The van der Waals surface area contributed by atoms with Gasteiger partial charge in [-0.3, -0.25) is 4.21 Å². The van der Waals surface area contributed by atoms with Crippen molar-refractivity contribution < 1.29 is 27.2 Å². The zero-order valence-electron chi connectivity index (χ0n) is 16.4. The number of rotatable bonds is 9. The summed E-state index contributed by atoms with van der Waals surface area (Å²) in [5, 5.41) is 11.3. The molecule has 4 N–H and O–H groups in total. The molecule has 0 spiro atoms. The van der Waals surface area contributed by atoms with Crippen molar-refractivity contribution in [2.45, 2.75) is 16.8 Å². The minimum Gasteiger partial charge on any atom is -0.396 e. The van der Waals surface area contributed by atoms with Crippen LogP contribution in [0.2, 0.25) is 0 Å². The van der Waals surface area contributed by atoms with Crippen LogP contribution in [0.4, 0.5) is 24.8 Å². The number of ether oxygens (including phenoxy) is 1. The van der Waals surface area contributed by atoms with Crippen LogP contribution in [0.1, 0.15) is 12.0 Å². The number of methoxy groups -OCH3 is 1. The summed E-state index contributed by atoms with van der Waals surface area (Å²) in [5.41, 5.74) is 5.16.